The average Bonchev–Trinajstić information content (AvgIpc) is 3.03. The summed E-state index contributed by atoms with van der Waals surface area (Å²) >= 11 is 1.64. The highest BCUT2D eigenvalue weighted by molar-refractivity contribution is 7.09. The van der Waals surface area contributed by atoms with Crippen molar-refractivity contribution in [3.63, 3.8) is 0 Å². The Hall–Kier alpha value is -2.66. The summed E-state index contributed by atoms with van der Waals surface area (Å²) in [6.07, 6.45) is 0. The fraction of sp³-hybridized carbons (Fsp3) is 0.158. The molecule has 2 N–H and O–H groups in total. The summed E-state index contributed by atoms with van der Waals surface area (Å²) in [4.78, 5) is 16.7. The monoisotopic (exact) mass is 337 g/mol. The molecule has 0 radical (unpaired) electrons. The number of anilines is 2. The second kappa shape index (κ2) is 7.27. The Balaban J connectivity index is 1.62. The lowest BCUT2D eigenvalue weighted by Gasteiger charge is -2.15. The number of para-hydroxylation sites is 1. The molecule has 1 aromatic heterocycles. The smallest absolute Gasteiger partial charge is 0.246 e. The highest BCUT2D eigenvalue weighted by atomic mass is 32.1. The van der Waals surface area contributed by atoms with Crippen LogP contribution in [-0.4, -0.2) is 16.9 Å². The summed E-state index contributed by atoms with van der Waals surface area (Å²) in [7, 11) is 0. The second-order valence-corrected chi connectivity index (χ2v) is 6.61. The van der Waals surface area contributed by atoms with Gasteiger partial charge in [-0.25, -0.2) is 4.98 Å². The third-order valence-electron chi connectivity index (χ3n) is 3.62. The van der Waals surface area contributed by atoms with Crippen molar-refractivity contribution in [1.82, 2.24) is 4.98 Å². The highest BCUT2D eigenvalue weighted by Crippen LogP contribution is 2.23. The van der Waals surface area contributed by atoms with E-state index in [1.807, 2.05) is 73.8 Å². The molecule has 0 fully saturated rings. The van der Waals surface area contributed by atoms with E-state index < -0.39 is 0 Å². The molecule has 1 heterocycles. The van der Waals surface area contributed by atoms with Crippen LogP contribution in [0.25, 0.3) is 11.3 Å². The van der Waals surface area contributed by atoms with E-state index in [1.54, 1.807) is 11.3 Å². The van der Waals surface area contributed by atoms with Crippen LogP contribution in [0.1, 0.15) is 11.9 Å². The van der Waals surface area contributed by atoms with E-state index >= 15 is 0 Å². The fourth-order valence-corrected chi connectivity index (χ4v) is 2.94. The summed E-state index contributed by atoms with van der Waals surface area (Å²) in [5.41, 5.74) is 3.76. The van der Waals surface area contributed by atoms with E-state index in [0.29, 0.717) is 0 Å². The minimum absolute atomic E-state index is 0.0691. The van der Waals surface area contributed by atoms with Crippen molar-refractivity contribution >= 4 is 28.6 Å². The lowest BCUT2D eigenvalue weighted by molar-refractivity contribution is -0.116. The molecule has 1 atom stereocenters. The number of nitrogens with zero attached hydrogens (tertiary/aromatic N) is 1. The molecular formula is C19H19N3OS. The molecule has 0 saturated carbocycles. The van der Waals surface area contributed by atoms with Gasteiger partial charge in [0.05, 0.1) is 10.7 Å². The molecule has 24 heavy (non-hydrogen) atoms. The number of nitrogens with one attached hydrogen (secondary N) is 2. The number of hydrogen-bond donors (Lipinski definition) is 2. The van der Waals surface area contributed by atoms with Crippen LogP contribution in [0, 0.1) is 6.92 Å². The van der Waals surface area contributed by atoms with E-state index in [9.17, 15) is 4.79 Å². The number of aryl methyl sites for hydroxylation is 1. The number of carbonyl (C=O) groups excluding carboxylic acids is 1. The summed E-state index contributed by atoms with van der Waals surface area (Å²) in [5.74, 6) is -0.0691. The van der Waals surface area contributed by atoms with Crippen molar-refractivity contribution in [2.24, 2.45) is 0 Å². The molecular weight excluding hydrogens is 318 g/mol. The van der Waals surface area contributed by atoms with Gasteiger partial charge in [0.15, 0.2) is 0 Å². The number of benzene rings is 2. The number of thiazole rings is 1. The summed E-state index contributed by atoms with van der Waals surface area (Å²) in [6.45, 7) is 3.84. The molecule has 2 aromatic carbocycles. The molecule has 122 valence electrons. The van der Waals surface area contributed by atoms with Crippen LogP contribution in [0.5, 0.6) is 0 Å². The Morgan fingerprint density at radius 1 is 1.04 bits per heavy atom. The predicted molar refractivity (Wildman–Crippen MR) is 100 cm³/mol. The first-order chi connectivity index (χ1) is 11.6. The first-order valence-corrected chi connectivity index (χ1v) is 8.65. The number of aromatic nitrogens is 1. The van der Waals surface area contributed by atoms with Gasteiger partial charge in [0, 0.05) is 22.3 Å². The van der Waals surface area contributed by atoms with Crippen molar-refractivity contribution in [1.29, 1.82) is 0 Å². The first-order valence-electron chi connectivity index (χ1n) is 7.77. The van der Waals surface area contributed by atoms with E-state index in [1.165, 1.54) is 0 Å². The average molecular weight is 337 g/mol. The molecule has 0 aliphatic heterocycles. The number of carbonyl (C=O) groups is 1. The number of hydrogen-bond acceptors (Lipinski definition) is 4. The standard InChI is InChI=1S/C19H19N3OS/c1-13(19(23)22-16-6-4-3-5-7-16)20-17-10-8-15(9-11-17)18-12-24-14(2)21-18/h3-13,20H,1-2H3,(H,22,23)/t13-/m1/s1. The maximum absolute atomic E-state index is 12.2. The second-order valence-electron chi connectivity index (χ2n) is 5.55. The minimum atomic E-state index is -0.336. The maximum atomic E-state index is 12.2. The minimum Gasteiger partial charge on any atom is -0.374 e. The van der Waals surface area contributed by atoms with Crippen molar-refractivity contribution in [2.45, 2.75) is 19.9 Å². The topological polar surface area (TPSA) is 54.0 Å². The summed E-state index contributed by atoms with van der Waals surface area (Å²) in [5, 5.41) is 9.21. The molecule has 0 aliphatic carbocycles. The zero-order valence-electron chi connectivity index (χ0n) is 13.6. The van der Waals surface area contributed by atoms with E-state index in [0.717, 1.165) is 27.6 Å². The van der Waals surface area contributed by atoms with Gasteiger partial charge in [-0.05, 0) is 38.1 Å². The number of rotatable bonds is 5. The van der Waals surface area contributed by atoms with Gasteiger partial charge >= 0.3 is 0 Å². The van der Waals surface area contributed by atoms with E-state index in [2.05, 4.69) is 15.6 Å². The van der Waals surface area contributed by atoms with Gasteiger partial charge in [0.25, 0.3) is 0 Å². The van der Waals surface area contributed by atoms with Crippen molar-refractivity contribution in [3.05, 3.63) is 65.0 Å². The Morgan fingerprint density at radius 2 is 1.75 bits per heavy atom. The van der Waals surface area contributed by atoms with E-state index in [4.69, 9.17) is 0 Å². The van der Waals surface area contributed by atoms with Gasteiger partial charge in [-0.15, -0.1) is 11.3 Å². The van der Waals surface area contributed by atoms with Gasteiger partial charge in [0.1, 0.15) is 6.04 Å². The van der Waals surface area contributed by atoms with Crippen molar-refractivity contribution < 1.29 is 4.79 Å². The lowest BCUT2D eigenvalue weighted by atomic mass is 10.1. The molecule has 0 aliphatic rings. The van der Waals surface area contributed by atoms with Crippen LogP contribution in [0.4, 0.5) is 11.4 Å². The first kappa shape index (κ1) is 16.2. The molecule has 4 nitrogen and oxygen atoms in total. The highest BCUT2D eigenvalue weighted by Gasteiger charge is 2.12. The third-order valence-corrected chi connectivity index (χ3v) is 4.39. The van der Waals surface area contributed by atoms with Crippen LogP contribution < -0.4 is 10.6 Å². The van der Waals surface area contributed by atoms with Crippen LogP contribution in [-0.2, 0) is 4.79 Å². The Kier molecular flexibility index (Phi) is 4.91. The SMILES string of the molecule is Cc1nc(-c2ccc(N[C@H](C)C(=O)Nc3ccccc3)cc2)cs1. The molecule has 0 saturated heterocycles. The Morgan fingerprint density at radius 3 is 2.38 bits per heavy atom. The van der Waals surface area contributed by atoms with Gasteiger partial charge in [-0.3, -0.25) is 4.79 Å². The largest absolute Gasteiger partial charge is 0.374 e. The molecule has 3 rings (SSSR count). The van der Waals surface area contributed by atoms with Gasteiger partial charge < -0.3 is 10.6 Å². The molecule has 0 bridgehead atoms. The Labute approximate surface area is 145 Å². The maximum Gasteiger partial charge on any atom is 0.246 e. The van der Waals surface area contributed by atoms with Crippen molar-refractivity contribution in [2.75, 3.05) is 10.6 Å². The number of amides is 1. The van der Waals surface area contributed by atoms with Crippen LogP contribution >= 0.6 is 11.3 Å². The fourth-order valence-electron chi connectivity index (χ4n) is 2.32. The van der Waals surface area contributed by atoms with E-state index in [-0.39, 0.29) is 11.9 Å². The zero-order valence-corrected chi connectivity index (χ0v) is 14.4. The summed E-state index contributed by atoms with van der Waals surface area (Å²) < 4.78 is 0. The van der Waals surface area contributed by atoms with Gasteiger partial charge in [0.2, 0.25) is 5.91 Å². The zero-order chi connectivity index (χ0) is 16.9. The van der Waals surface area contributed by atoms with Gasteiger partial charge in [-0.1, -0.05) is 30.3 Å². The molecule has 0 spiro atoms. The quantitative estimate of drug-likeness (QED) is 0.718. The summed E-state index contributed by atoms with van der Waals surface area (Å²) in [6, 6.07) is 17.1. The molecule has 3 aromatic rings. The van der Waals surface area contributed by atoms with Gasteiger partial charge in [-0.2, -0.15) is 0 Å². The predicted octanol–water partition coefficient (Wildman–Crippen LogP) is 4.56. The van der Waals surface area contributed by atoms with Crippen molar-refractivity contribution in [3.8, 4) is 11.3 Å². The van der Waals surface area contributed by atoms with Crippen LogP contribution in [0.3, 0.4) is 0 Å². The molecule has 0 unspecified atom stereocenters. The van der Waals surface area contributed by atoms with Crippen LogP contribution in [0.15, 0.2) is 60.0 Å². The van der Waals surface area contributed by atoms with Crippen LogP contribution in [0.2, 0.25) is 0 Å². The molecule has 1 amide bonds. The normalized spacial score (nSPS) is 11.8. The Bertz CT molecular complexity index is 812. The third kappa shape index (κ3) is 4.00. The molecule has 5 heteroatoms. The lowest BCUT2D eigenvalue weighted by Crippen LogP contribution is -2.31.